The van der Waals surface area contributed by atoms with Crippen LogP contribution in [0.3, 0.4) is 0 Å². The van der Waals surface area contributed by atoms with E-state index in [1.54, 1.807) is 0 Å². The largest absolute Gasteiger partial charge is 0.489 e. The zero-order valence-corrected chi connectivity index (χ0v) is 11.6. The fraction of sp³-hybridized carbons (Fsp3) is 0.571. The van der Waals surface area contributed by atoms with Crippen LogP contribution in [-0.4, -0.2) is 18.8 Å². The number of nitrogens with two attached hydrogens (primary N) is 1. The van der Waals surface area contributed by atoms with Gasteiger partial charge in [-0.1, -0.05) is 17.7 Å². The molecular weight excluding hydrogens is 250 g/mol. The van der Waals surface area contributed by atoms with Gasteiger partial charge in [0.1, 0.15) is 12.4 Å². The SMILES string of the molecule is CC1CCC(COc2ccc(C(C)N)cc2Cl)O1. The van der Waals surface area contributed by atoms with E-state index in [0.29, 0.717) is 23.5 Å². The first-order valence-corrected chi connectivity index (χ1v) is 6.77. The van der Waals surface area contributed by atoms with Crippen LogP contribution in [0.25, 0.3) is 0 Å². The lowest BCUT2D eigenvalue weighted by Crippen LogP contribution is -2.18. The van der Waals surface area contributed by atoms with E-state index >= 15 is 0 Å². The lowest BCUT2D eigenvalue weighted by molar-refractivity contribution is 0.0265. The van der Waals surface area contributed by atoms with E-state index in [2.05, 4.69) is 6.92 Å². The smallest absolute Gasteiger partial charge is 0.138 e. The van der Waals surface area contributed by atoms with Crippen LogP contribution in [0, 0.1) is 0 Å². The Labute approximate surface area is 113 Å². The molecule has 1 fully saturated rings. The molecular formula is C14H20ClNO2. The van der Waals surface area contributed by atoms with Crippen LogP contribution in [0.2, 0.25) is 5.02 Å². The maximum atomic E-state index is 6.17. The molecule has 3 nitrogen and oxygen atoms in total. The normalized spacial score (nSPS) is 25.1. The Balaban J connectivity index is 1.93. The second-order valence-electron chi connectivity index (χ2n) is 4.94. The van der Waals surface area contributed by atoms with Gasteiger partial charge < -0.3 is 15.2 Å². The maximum absolute atomic E-state index is 6.17. The quantitative estimate of drug-likeness (QED) is 0.912. The zero-order chi connectivity index (χ0) is 13.1. The van der Waals surface area contributed by atoms with Gasteiger partial charge in [-0.15, -0.1) is 0 Å². The molecule has 2 rings (SSSR count). The summed E-state index contributed by atoms with van der Waals surface area (Å²) in [5.41, 5.74) is 6.81. The fourth-order valence-electron chi connectivity index (χ4n) is 2.11. The first-order chi connectivity index (χ1) is 8.56. The highest BCUT2D eigenvalue weighted by Gasteiger charge is 2.22. The van der Waals surface area contributed by atoms with Crippen LogP contribution in [0.4, 0.5) is 0 Å². The van der Waals surface area contributed by atoms with E-state index in [-0.39, 0.29) is 12.1 Å². The number of hydrogen-bond acceptors (Lipinski definition) is 3. The molecule has 0 saturated carbocycles. The second-order valence-corrected chi connectivity index (χ2v) is 5.34. The van der Waals surface area contributed by atoms with E-state index in [1.807, 2.05) is 25.1 Å². The minimum atomic E-state index is -0.0180. The predicted molar refractivity (Wildman–Crippen MR) is 73.1 cm³/mol. The topological polar surface area (TPSA) is 44.5 Å². The first-order valence-electron chi connectivity index (χ1n) is 6.39. The first kappa shape index (κ1) is 13.7. The van der Waals surface area contributed by atoms with Crippen molar-refractivity contribution >= 4 is 11.6 Å². The monoisotopic (exact) mass is 269 g/mol. The third-order valence-electron chi connectivity index (χ3n) is 3.23. The van der Waals surface area contributed by atoms with Gasteiger partial charge in [0, 0.05) is 6.04 Å². The minimum absolute atomic E-state index is 0.0180. The molecule has 2 N–H and O–H groups in total. The molecule has 18 heavy (non-hydrogen) atoms. The van der Waals surface area contributed by atoms with Gasteiger partial charge in [-0.25, -0.2) is 0 Å². The van der Waals surface area contributed by atoms with Gasteiger partial charge >= 0.3 is 0 Å². The summed E-state index contributed by atoms with van der Waals surface area (Å²) in [6.45, 7) is 4.58. The van der Waals surface area contributed by atoms with Crippen LogP contribution >= 0.6 is 11.6 Å². The zero-order valence-electron chi connectivity index (χ0n) is 10.9. The number of ether oxygens (including phenoxy) is 2. The lowest BCUT2D eigenvalue weighted by atomic mass is 10.1. The molecule has 0 aliphatic carbocycles. The average Bonchev–Trinajstić information content (AvgIpc) is 2.73. The van der Waals surface area contributed by atoms with Crippen LogP contribution in [0.15, 0.2) is 18.2 Å². The highest BCUT2D eigenvalue weighted by atomic mass is 35.5. The van der Waals surface area contributed by atoms with E-state index in [4.69, 9.17) is 26.8 Å². The van der Waals surface area contributed by atoms with Crippen molar-refractivity contribution in [2.75, 3.05) is 6.61 Å². The Bertz CT molecular complexity index is 409. The Morgan fingerprint density at radius 2 is 2.28 bits per heavy atom. The lowest BCUT2D eigenvalue weighted by Gasteiger charge is -2.14. The van der Waals surface area contributed by atoms with Crippen molar-refractivity contribution in [1.29, 1.82) is 0 Å². The molecule has 100 valence electrons. The van der Waals surface area contributed by atoms with Gasteiger partial charge in [-0.3, -0.25) is 0 Å². The van der Waals surface area contributed by atoms with Crippen LogP contribution in [0.1, 0.15) is 38.3 Å². The predicted octanol–water partition coefficient (Wildman–Crippen LogP) is 3.31. The summed E-state index contributed by atoms with van der Waals surface area (Å²) in [6.07, 6.45) is 2.68. The van der Waals surface area contributed by atoms with Gasteiger partial charge in [0.05, 0.1) is 17.2 Å². The van der Waals surface area contributed by atoms with Crippen molar-refractivity contribution in [3.63, 3.8) is 0 Å². The number of halogens is 1. The third-order valence-corrected chi connectivity index (χ3v) is 3.52. The summed E-state index contributed by atoms with van der Waals surface area (Å²) < 4.78 is 11.4. The van der Waals surface area contributed by atoms with E-state index in [1.165, 1.54) is 0 Å². The van der Waals surface area contributed by atoms with Crippen LogP contribution in [0.5, 0.6) is 5.75 Å². The van der Waals surface area contributed by atoms with Gasteiger partial charge in [0.2, 0.25) is 0 Å². The number of hydrogen-bond donors (Lipinski definition) is 1. The number of benzene rings is 1. The summed E-state index contributed by atoms with van der Waals surface area (Å²) in [4.78, 5) is 0. The van der Waals surface area contributed by atoms with Crippen molar-refractivity contribution in [1.82, 2.24) is 0 Å². The van der Waals surface area contributed by atoms with Gasteiger partial charge in [-0.2, -0.15) is 0 Å². The van der Waals surface area contributed by atoms with Gasteiger partial charge in [0.25, 0.3) is 0 Å². The molecule has 1 aromatic carbocycles. The molecule has 1 heterocycles. The van der Waals surface area contributed by atoms with Crippen LogP contribution < -0.4 is 10.5 Å². The molecule has 0 spiro atoms. The van der Waals surface area contributed by atoms with Crippen molar-refractivity contribution in [2.45, 2.75) is 44.9 Å². The third kappa shape index (κ3) is 3.37. The fourth-order valence-corrected chi connectivity index (χ4v) is 2.35. The summed E-state index contributed by atoms with van der Waals surface area (Å²) in [6, 6.07) is 5.67. The molecule has 1 aliphatic heterocycles. The Hall–Kier alpha value is -0.770. The van der Waals surface area contributed by atoms with E-state index in [0.717, 1.165) is 18.4 Å². The summed E-state index contributed by atoms with van der Waals surface area (Å²) in [5.74, 6) is 0.698. The Kier molecular flexibility index (Phi) is 4.49. The molecule has 0 bridgehead atoms. The highest BCUT2D eigenvalue weighted by molar-refractivity contribution is 6.32. The minimum Gasteiger partial charge on any atom is -0.489 e. The van der Waals surface area contributed by atoms with Crippen molar-refractivity contribution in [3.05, 3.63) is 28.8 Å². The van der Waals surface area contributed by atoms with Crippen LogP contribution in [-0.2, 0) is 4.74 Å². The molecule has 3 unspecified atom stereocenters. The molecule has 3 atom stereocenters. The molecule has 4 heteroatoms. The summed E-state index contributed by atoms with van der Waals surface area (Å²) >= 11 is 6.17. The second kappa shape index (κ2) is 5.91. The summed E-state index contributed by atoms with van der Waals surface area (Å²) in [7, 11) is 0. The summed E-state index contributed by atoms with van der Waals surface area (Å²) in [5, 5.41) is 0.607. The highest BCUT2D eigenvalue weighted by Crippen LogP contribution is 2.28. The van der Waals surface area contributed by atoms with Crippen molar-refractivity contribution in [3.8, 4) is 5.75 Å². The Morgan fingerprint density at radius 1 is 1.50 bits per heavy atom. The Morgan fingerprint density at radius 3 is 2.83 bits per heavy atom. The average molecular weight is 270 g/mol. The van der Waals surface area contributed by atoms with E-state index < -0.39 is 0 Å². The molecule has 0 radical (unpaired) electrons. The molecule has 1 saturated heterocycles. The van der Waals surface area contributed by atoms with Gasteiger partial charge in [0.15, 0.2) is 0 Å². The van der Waals surface area contributed by atoms with E-state index in [9.17, 15) is 0 Å². The molecule has 0 aromatic heterocycles. The molecule has 0 amide bonds. The maximum Gasteiger partial charge on any atom is 0.138 e. The van der Waals surface area contributed by atoms with Crippen molar-refractivity contribution in [2.24, 2.45) is 5.73 Å². The number of rotatable bonds is 4. The van der Waals surface area contributed by atoms with Gasteiger partial charge in [-0.05, 0) is 44.4 Å². The molecule has 1 aliphatic rings. The molecule has 1 aromatic rings. The van der Waals surface area contributed by atoms with Crippen molar-refractivity contribution < 1.29 is 9.47 Å². The standard InChI is InChI=1S/C14H20ClNO2/c1-9-3-5-12(18-9)8-17-14-6-4-11(10(2)16)7-13(14)15/h4,6-7,9-10,12H,3,5,8,16H2,1-2H3.